The highest BCUT2D eigenvalue weighted by Crippen LogP contribution is 2.21. The lowest BCUT2D eigenvalue weighted by Crippen LogP contribution is -2.17. The van der Waals surface area contributed by atoms with Crippen LogP contribution in [0.15, 0.2) is 0 Å². The highest BCUT2D eigenvalue weighted by molar-refractivity contribution is 5.92. The van der Waals surface area contributed by atoms with Gasteiger partial charge in [0.2, 0.25) is 5.91 Å². The first kappa shape index (κ1) is 13.5. The summed E-state index contributed by atoms with van der Waals surface area (Å²) in [6, 6.07) is 0. The van der Waals surface area contributed by atoms with Crippen LogP contribution in [0.3, 0.4) is 0 Å². The fraction of sp³-hybridized carbons (Fsp3) is 0.636. The molecule has 0 saturated carbocycles. The molecule has 0 fully saturated rings. The molecule has 0 aliphatic heterocycles. The Kier molecular flexibility index (Phi) is 4.51. The monoisotopic (exact) mass is 240 g/mol. The molecule has 6 nitrogen and oxygen atoms in total. The lowest BCUT2D eigenvalue weighted by molar-refractivity contribution is -0.116. The summed E-state index contributed by atoms with van der Waals surface area (Å²) in [5.41, 5.74) is 7.04. The van der Waals surface area contributed by atoms with Gasteiger partial charge in [-0.05, 0) is 20.3 Å². The minimum Gasteiger partial charge on any atom is -0.394 e. The van der Waals surface area contributed by atoms with E-state index in [0.29, 0.717) is 30.0 Å². The molecule has 1 amide bonds. The Bertz CT molecular complexity index is 400. The summed E-state index contributed by atoms with van der Waals surface area (Å²) in [4.78, 5) is 11.7. The third-order valence-corrected chi connectivity index (χ3v) is 2.71. The Hall–Kier alpha value is -1.56. The number of rotatable bonds is 5. The molecule has 1 unspecified atom stereocenters. The Labute approximate surface area is 101 Å². The smallest absolute Gasteiger partial charge is 0.225 e. The van der Waals surface area contributed by atoms with Crippen molar-refractivity contribution in [2.24, 2.45) is 7.05 Å². The molecule has 0 radical (unpaired) electrons. The van der Waals surface area contributed by atoms with Crippen molar-refractivity contribution in [2.75, 3.05) is 18.2 Å². The number of methoxy groups -OCH3 is 1. The van der Waals surface area contributed by atoms with E-state index in [0.717, 1.165) is 0 Å². The van der Waals surface area contributed by atoms with Crippen LogP contribution >= 0.6 is 0 Å². The minimum atomic E-state index is -0.0800. The number of nitrogen functional groups attached to an aromatic ring is 1. The summed E-state index contributed by atoms with van der Waals surface area (Å²) in [6.45, 7) is 3.73. The zero-order valence-electron chi connectivity index (χ0n) is 10.8. The second-order valence-electron chi connectivity index (χ2n) is 4.10. The van der Waals surface area contributed by atoms with Crippen LogP contribution in [0, 0.1) is 6.92 Å². The normalized spacial score (nSPS) is 12.5. The van der Waals surface area contributed by atoms with E-state index in [1.807, 2.05) is 6.92 Å². The van der Waals surface area contributed by atoms with Crippen molar-refractivity contribution in [2.45, 2.75) is 32.8 Å². The van der Waals surface area contributed by atoms with Crippen molar-refractivity contribution in [3.8, 4) is 0 Å². The van der Waals surface area contributed by atoms with Gasteiger partial charge < -0.3 is 15.8 Å². The summed E-state index contributed by atoms with van der Waals surface area (Å²) in [5, 5.41) is 6.89. The summed E-state index contributed by atoms with van der Waals surface area (Å²) in [5.74, 6) is 0.473. The standard InChI is InChI=1S/C11H20N4O2/c1-7(17-4)5-6-9(16)13-11-10(12)8(2)14-15(11)3/h7H,5-6,12H2,1-4H3,(H,13,16). The number of carbonyl (C=O) groups excluding carboxylic acids is 1. The van der Waals surface area contributed by atoms with E-state index in [9.17, 15) is 4.79 Å². The number of carbonyl (C=O) groups is 1. The molecule has 6 heteroatoms. The van der Waals surface area contributed by atoms with E-state index in [4.69, 9.17) is 10.5 Å². The number of anilines is 2. The molecule has 0 spiro atoms. The number of nitrogens with zero attached hydrogens (tertiary/aromatic N) is 2. The summed E-state index contributed by atoms with van der Waals surface area (Å²) in [7, 11) is 3.38. The van der Waals surface area contributed by atoms with Crippen LogP contribution in [0.1, 0.15) is 25.5 Å². The maximum absolute atomic E-state index is 11.7. The topological polar surface area (TPSA) is 82.2 Å². The lowest BCUT2D eigenvalue weighted by atomic mass is 10.2. The van der Waals surface area contributed by atoms with Crippen LogP contribution in [0.2, 0.25) is 0 Å². The Morgan fingerprint density at radius 2 is 2.29 bits per heavy atom. The first-order valence-corrected chi connectivity index (χ1v) is 5.57. The van der Waals surface area contributed by atoms with Crippen molar-refractivity contribution >= 4 is 17.4 Å². The van der Waals surface area contributed by atoms with Crippen LogP contribution in [0.4, 0.5) is 11.5 Å². The number of amides is 1. The minimum absolute atomic E-state index is 0.0753. The molecular weight excluding hydrogens is 220 g/mol. The molecule has 1 atom stereocenters. The van der Waals surface area contributed by atoms with Crippen LogP contribution in [0.5, 0.6) is 0 Å². The Balaban J connectivity index is 2.56. The molecule has 17 heavy (non-hydrogen) atoms. The van der Waals surface area contributed by atoms with E-state index in [1.165, 1.54) is 0 Å². The molecule has 1 heterocycles. The zero-order valence-corrected chi connectivity index (χ0v) is 10.8. The van der Waals surface area contributed by atoms with Gasteiger partial charge >= 0.3 is 0 Å². The third kappa shape index (κ3) is 3.45. The third-order valence-electron chi connectivity index (χ3n) is 2.71. The predicted molar refractivity (Wildman–Crippen MR) is 66.7 cm³/mol. The molecule has 0 aliphatic carbocycles. The number of ether oxygens (including phenoxy) is 1. The number of hydrogen-bond acceptors (Lipinski definition) is 4. The molecule has 0 aliphatic rings. The fourth-order valence-electron chi connectivity index (χ4n) is 1.47. The van der Waals surface area contributed by atoms with Gasteiger partial charge in [-0.2, -0.15) is 5.10 Å². The average molecular weight is 240 g/mol. The van der Waals surface area contributed by atoms with Crippen molar-refractivity contribution in [3.05, 3.63) is 5.69 Å². The Morgan fingerprint density at radius 3 is 2.76 bits per heavy atom. The van der Waals surface area contributed by atoms with Gasteiger partial charge in [-0.1, -0.05) is 0 Å². The van der Waals surface area contributed by atoms with Crippen molar-refractivity contribution in [3.63, 3.8) is 0 Å². The second-order valence-corrected chi connectivity index (χ2v) is 4.10. The van der Waals surface area contributed by atoms with Crippen LogP contribution in [0.25, 0.3) is 0 Å². The maximum Gasteiger partial charge on any atom is 0.225 e. The molecule has 96 valence electrons. The second kappa shape index (κ2) is 5.67. The lowest BCUT2D eigenvalue weighted by Gasteiger charge is -2.09. The number of hydrogen-bond donors (Lipinski definition) is 2. The zero-order chi connectivity index (χ0) is 13.0. The predicted octanol–water partition coefficient (Wildman–Crippen LogP) is 1.06. The molecule has 0 saturated heterocycles. The molecule has 1 aromatic rings. The SMILES string of the molecule is COC(C)CCC(=O)Nc1c(N)c(C)nn1C. The van der Waals surface area contributed by atoms with Gasteiger partial charge in [0.1, 0.15) is 0 Å². The summed E-state index contributed by atoms with van der Waals surface area (Å²) in [6.07, 6.45) is 1.16. The van der Waals surface area contributed by atoms with E-state index < -0.39 is 0 Å². The molecule has 1 aromatic heterocycles. The summed E-state index contributed by atoms with van der Waals surface area (Å²) >= 11 is 0. The molecular formula is C11H20N4O2. The first-order chi connectivity index (χ1) is 7.95. The van der Waals surface area contributed by atoms with Gasteiger partial charge in [-0.15, -0.1) is 0 Å². The van der Waals surface area contributed by atoms with Gasteiger partial charge in [-0.3, -0.25) is 9.48 Å². The van der Waals surface area contributed by atoms with E-state index in [1.54, 1.807) is 25.8 Å². The number of aromatic nitrogens is 2. The Morgan fingerprint density at radius 1 is 1.65 bits per heavy atom. The van der Waals surface area contributed by atoms with Gasteiger partial charge in [0.05, 0.1) is 17.5 Å². The number of nitrogens with one attached hydrogen (secondary N) is 1. The maximum atomic E-state index is 11.7. The van der Waals surface area contributed by atoms with Gasteiger partial charge in [0.25, 0.3) is 0 Å². The number of nitrogens with two attached hydrogens (primary N) is 1. The van der Waals surface area contributed by atoms with E-state index in [-0.39, 0.29) is 12.0 Å². The van der Waals surface area contributed by atoms with Crippen molar-refractivity contribution in [1.82, 2.24) is 9.78 Å². The highest BCUT2D eigenvalue weighted by atomic mass is 16.5. The first-order valence-electron chi connectivity index (χ1n) is 5.57. The van der Waals surface area contributed by atoms with E-state index >= 15 is 0 Å². The van der Waals surface area contributed by atoms with Gasteiger partial charge in [0, 0.05) is 20.6 Å². The number of aryl methyl sites for hydroxylation is 2. The van der Waals surface area contributed by atoms with Crippen LogP contribution in [-0.2, 0) is 16.6 Å². The van der Waals surface area contributed by atoms with Crippen molar-refractivity contribution in [1.29, 1.82) is 0 Å². The fourth-order valence-corrected chi connectivity index (χ4v) is 1.47. The molecule has 3 N–H and O–H groups in total. The van der Waals surface area contributed by atoms with E-state index in [2.05, 4.69) is 10.4 Å². The highest BCUT2D eigenvalue weighted by Gasteiger charge is 2.13. The average Bonchev–Trinajstić information content (AvgIpc) is 2.53. The van der Waals surface area contributed by atoms with Crippen LogP contribution < -0.4 is 11.1 Å². The summed E-state index contributed by atoms with van der Waals surface area (Å²) < 4.78 is 6.65. The van der Waals surface area contributed by atoms with Crippen molar-refractivity contribution < 1.29 is 9.53 Å². The quantitative estimate of drug-likeness (QED) is 0.806. The largest absolute Gasteiger partial charge is 0.394 e. The van der Waals surface area contributed by atoms with Gasteiger partial charge in [-0.25, -0.2) is 0 Å². The molecule has 0 bridgehead atoms. The molecule has 1 rings (SSSR count). The molecule has 0 aromatic carbocycles. The van der Waals surface area contributed by atoms with Gasteiger partial charge in [0.15, 0.2) is 5.82 Å². The van der Waals surface area contributed by atoms with Crippen LogP contribution in [-0.4, -0.2) is 28.9 Å².